The Hall–Kier alpha value is -3.06. The SMILES string of the molecule is CCOc1ccc(NC(=O)C[NH+]2CCN(C(=O)c3ccccc3)CC2)cc1OCC. The number of benzene rings is 2. The normalized spacial score (nSPS) is 14.3. The van der Waals surface area contributed by atoms with Gasteiger partial charge in [-0.2, -0.15) is 0 Å². The van der Waals surface area contributed by atoms with Crippen LogP contribution in [0, 0.1) is 0 Å². The van der Waals surface area contributed by atoms with Crippen molar-refractivity contribution in [2.45, 2.75) is 13.8 Å². The minimum atomic E-state index is -0.0561. The molecule has 2 amide bonds. The maximum absolute atomic E-state index is 12.5. The summed E-state index contributed by atoms with van der Waals surface area (Å²) in [7, 11) is 0. The predicted molar refractivity (Wildman–Crippen MR) is 115 cm³/mol. The van der Waals surface area contributed by atoms with E-state index in [1.165, 1.54) is 4.90 Å². The van der Waals surface area contributed by atoms with Crippen molar-refractivity contribution in [1.29, 1.82) is 0 Å². The minimum Gasteiger partial charge on any atom is -0.490 e. The zero-order chi connectivity index (χ0) is 21.3. The monoisotopic (exact) mass is 412 g/mol. The summed E-state index contributed by atoms with van der Waals surface area (Å²) in [6, 6.07) is 14.7. The second-order valence-electron chi connectivity index (χ2n) is 7.16. The minimum absolute atomic E-state index is 0.0527. The summed E-state index contributed by atoms with van der Waals surface area (Å²) >= 11 is 0. The number of amides is 2. The van der Waals surface area contributed by atoms with Crippen LogP contribution in [0.25, 0.3) is 0 Å². The number of rotatable bonds is 8. The van der Waals surface area contributed by atoms with Gasteiger partial charge in [0.2, 0.25) is 0 Å². The first-order valence-corrected chi connectivity index (χ1v) is 10.5. The lowest BCUT2D eigenvalue weighted by atomic mass is 10.2. The number of carbonyl (C=O) groups excluding carboxylic acids is 2. The molecule has 2 aromatic carbocycles. The Morgan fingerprint density at radius 3 is 2.30 bits per heavy atom. The molecule has 0 radical (unpaired) electrons. The lowest BCUT2D eigenvalue weighted by Gasteiger charge is -2.32. The van der Waals surface area contributed by atoms with Gasteiger partial charge in [0.25, 0.3) is 11.8 Å². The second kappa shape index (κ2) is 10.6. The van der Waals surface area contributed by atoms with Crippen molar-refractivity contribution < 1.29 is 24.0 Å². The fourth-order valence-electron chi connectivity index (χ4n) is 3.53. The molecule has 3 rings (SSSR count). The molecule has 160 valence electrons. The van der Waals surface area contributed by atoms with Crippen LogP contribution in [-0.4, -0.2) is 62.7 Å². The van der Waals surface area contributed by atoms with Gasteiger partial charge in [0, 0.05) is 17.3 Å². The van der Waals surface area contributed by atoms with Crippen molar-refractivity contribution in [2.75, 3.05) is 51.3 Å². The molecule has 1 aliphatic rings. The quantitative estimate of drug-likeness (QED) is 0.689. The smallest absolute Gasteiger partial charge is 0.279 e. The number of quaternary nitrogens is 1. The van der Waals surface area contributed by atoms with Gasteiger partial charge in [0.05, 0.1) is 39.4 Å². The van der Waals surface area contributed by atoms with Gasteiger partial charge in [-0.05, 0) is 38.1 Å². The summed E-state index contributed by atoms with van der Waals surface area (Å²) in [6.45, 7) is 8.06. The molecule has 0 bridgehead atoms. The van der Waals surface area contributed by atoms with Crippen LogP contribution in [-0.2, 0) is 4.79 Å². The van der Waals surface area contributed by atoms with Crippen LogP contribution >= 0.6 is 0 Å². The van der Waals surface area contributed by atoms with Crippen LogP contribution in [0.2, 0.25) is 0 Å². The van der Waals surface area contributed by atoms with Crippen molar-refractivity contribution >= 4 is 17.5 Å². The molecule has 0 aromatic heterocycles. The number of carbonyl (C=O) groups is 2. The number of anilines is 1. The molecule has 7 nitrogen and oxygen atoms in total. The van der Waals surface area contributed by atoms with Crippen molar-refractivity contribution in [3.05, 3.63) is 54.1 Å². The number of ether oxygens (including phenoxy) is 2. The molecule has 0 spiro atoms. The summed E-state index contributed by atoms with van der Waals surface area (Å²) in [6.07, 6.45) is 0. The van der Waals surface area contributed by atoms with E-state index >= 15 is 0 Å². The zero-order valence-corrected chi connectivity index (χ0v) is 17.6. The first-order valence-electron chi connectivity index (χ1n) is 10.5. The van der Waals surface area contributed by atoms with Gasteiger partial charge >= 0.3 is 0 Å². The van der Waals surface area contributed by atoms with Gasteiger partial charge in [0.1, 0.15) is 0 Å². The number of nitrogens with zero attached hydrogens (tertiary/aromatic N) is 1. The van der Waals surface area contributed by atoms with Crippen LogP contribution in [0.4, 0.5) is 5.69 Å². The molecule has 1 heterocycles. The Balaban J connectivity index is 1.50. The molecular weight excluding hydrogens is 382 g/mol. The molecule has 0 unspecified atom stereocenters. The van der Waals surface area contributed by atoms with Crippen molar-refractivity contribution in [2.24, 2.45) is 0 Å². The summed E-state index contributed by atoms with van der Waals surface area (Å²) in [5, 5.41) is 2.94. The fraction of sp³-hybridized carbons (Fsp3) is 0.391. The molecule has 0 saturated carbocycles. The molecule has 0 aliphatic carbocycles. The number of piperazine rings is 1. The summed E-state index contributed by atoms with van der Waals surface area (Å²) in [5.41, 5.74) is 1.39. The Bertz CT molecular complexity index is 849. The first-order chi connectivity index (χ1) is 14.6. The number of hydrogen-bond donors (Lipinski definition) is 2. The van der Waals surface area contributed by atoms with Crippen molar-refractivity contribution in [1.82, 2.24) is 4.90 Å². The molecule has 1 fully saturated rings. The summed E-state index contributed by atoms with van der Waals surface area (Å²) in [4.78, 5) is 28.1. The van der Waals surface area contributed by atoms with Crippen LogP contribution in [0.3, 0.4) is 0 Å². The lowest BCUT2D eigenvalue weighted by Crippen LogP contribution is -3.15. The summed E-state index contributed by atoms with van der Waals surface area (Å²) in [5.74, 6) is 1.29. The molecule has 1 aliphatic heterocycles. The van der Waals surface area contributed by atoms with Gasteiger partial charge in [-0.3, -0.25) is 9.59 Å². The van der Waals surface area contributed by atoms with E-state index in [2.05, 4.69) is 5.32 Å². The number of hydrogen-bond acceptors (Lipinski definition) is 4. The maximum atomic E-state index is 12.5. The first kappa shape index (κ1) is 21.6. The Kier molecular flexibility index (Phi) is 7.68. The molecule has 0 atom stereocenters. The van der Waals surface area contributed by atoms with E-state index in [0.29, 0.717) is 55.6 Å². The van der Waals surface area contributed by atoms with Crippen LogP contribution in [0.5, 0.6) is 11.5 Å². The van der Waals surface area contributed by atoms with E-state index in [1.807, 2.05) is 61.2 Å². The van der Waals surface area contributed by atoms with Gasteiger partial charge in [0.15, 0.2) is 18.0 Å². The predicted octanol–water partition coefficient (Wildman–Crippen LogP) is 1.46. The standard InChI is InChI=1S/C23H29N3O4/c1-3-29-20-11-10-19(16-21(20)30-4-2)24-22(27)17-25-12-14-26(15-13-25)23(28)18-8-6-5-7-9-18/h5-11,16H,3-4,12-15,17H2,1-2H3,(H,24,27)/p+1. The molecule has 30 heavy (non-hydrogen) atoms. The third-order valence-electron chi connectivity index (χ3n) is 5.02. The van der Waals surface area contributed by atoms with Gasteiger partial charge in [-0.1, -0.05) is 18.2 Å². The van der Waals surface area contributed by atoms with Gasteiger partial charge in [-0.25, -0.2) is 0 Å². The Labute approximate surface area is 177 Å². The average Bonchev–Trinajstić information content (AvgIpc) is 2.76. The molecule has 1 saturated heterocycles. The van der Waals surface area contributed by atoms with E-state index in [-0.39, 0.29) is 11.8 Å². The maximum Gasteiger partial charge on any atom is 0.279 e. The van der Waals surface area contributed by atoms with Crippen LogP contribution in [0.15, 0.2) is 48.5 Å². The highest BCUT2D eigenvalue weighted by molar-refractivity contribution is 5.94. The fourth-order valence-corrected chi connectivity index (χ4v) is 3.53. The van der Waals surface area contributed by atoms with E-state index in [0.717, 1.165) is 13.1 Å². The third kappa shape index (κ3) is 5.73. The molecular formula is C23H30N3O4+. The van der Waals surface area contributed by atoms with Crippen LogP contribution < -0.4 is 19.7 Å². The second-order valence-corrected chi connectivity index (χ2v) is 7.16. The highest BCUT2D eigenvalue weighted by Gasteiger charge is 2.26. The van der Waals surface area contributed by atoms with E-state index < -0.39 is 0 Å². The largest absolute Gasteiger partial charge is 0.490 e. The molecule has 2 aromatic rings. The van der Waals surface area contributed by atoms with Gasteiger partial charge < -0.3 is 24.6 Å². The van der Waals surface area contributed by atoms with Gasteiger partial charge in [-0.15, -0.1) is 0 Å². The molecule has 7 heteroatoms. The highest BCUT2D eigenvalue weighted by atomic mass is 16.5. The van der Waals surface area contributed by atoms with Crippen molar-refractivity contribution in [3.8, 4) is 11.5 Å². The number of nitrogens with one attached hydrogen (secondary N) is 2. The third-order valence-corrected chi connectivity index (χ3v) is 5.02. The highest BCUT2D eigenvalue weighted by Crippen LogP contribution is 2.30. The van der Waals surface area contributed by atoms with E-state index in [9.17, 15) is 9.59 Å². The average molecular weight is 413 g/mol. The van der Waals surface area contributed by atoms with Crippen molar-refractivity contribution in [3.63, 3.8) is 0 Å². The topological polar surface area (TPSA) is 72.3 Å². The van der Waals surface area contributed by atoms with E-state index in [4.69, 9.17) is 9.47 Å². The molecule has 2 N–H and O–H groups in total. The Morgan fingerprint density at radius 2 is 1.63 bits per heavy atom. The lowest BCUT2D eigenvalue weighted by molar-refractivity contribution is -0.895. The Morgan fingerprint density at radius 1 is 0.967 bits per heavy atom. The summed E-state index contributed by atoms with van der Waals surface area (Å²) < 4.78 is 11.2. The van der Waals surface area contributed by atoms with Crippen LogP contribution in [0.1, 0.15) is 24.2 Å². The zero-order valence-electron chi connectivity index (χ0n) is 17.6. The van der Waals surface area contributed by atoms with E-state index in [1.54, 1.807) is 6.07 Å².